The summed E-state index contributed by atoms with van der Waals surface area (Å²) in [5.41, 5.74) is 0.963. The quantitative estimate of drug-likeness (QED) is 0.729. The zero-order chi connectivity index (χ0) is 17.3. The van der Waals surface area contributed by atoms with Gasteiger partial charge >= 0.3 is 5.63 Å². The Bertz CT molecular complexity index is 994. The molecule has 1 aromatic heterocycles. The Hall–Kier alpha value is -2.79. The van der Waals surface area contributed by atoms with Crippen LogP contribution in [0.3, 0.4) is 0 Å². The maximum atomic E-state index is 12.4. The number of nitrogens with one attached hydrogen (secondary N) is 1. The molecule has 0 fully saturated rings. The Balaban J connectivity index is 1.97. The van der Waals surface area contributed by atoms with Crippen LogP contribution < -0.4 is 15.7 Å². The molecule has 0 atom stereocenters. The van der Waals surface area contributed by atoms with Crippen LogP contribution in [0.1, 0.15) is 15.9 Å². The molecule has 6 heteroatoms. The van der Waals surface area contributed by atoms with Crippen LogP contribution in [0, 0.1) is 6.92 Å². The average molecular weight is 344 g/mol. The second-order valence-electron chi connectivity index (χ2n) is 5.26. The van der Waals surface area contributed by atoms with E-state index in [1.807, 2.05) is 6.92 Å². The van der Waals surface area contributed by atoms with Crippen LogP contribution in [-0.4, -0.2) is 13.0 Å². The Morgan fingerprint density at radius 2 is 1.96 bits per heavy atom. The molecular weight excluding hydrogens is 330 g/mol. The molecule has 0 radical (unpaired) electrons. The third kappa shape index (κ3) is 3.12. The van der Waals surface area contributed by atoms with Crippen LogP contribution in [0.15, 0.2) is 51.7 Å². The van der Waals surface area contributed by atoms with Crippen LogP contribution in [0.5, 0.6) is 5.75 Å². The fraction of sp³-hybridized carbons (Fsp3) is 0.111. The highest BCUT2D eigenvalue weighted by Crippen LogP contribution is 2.22. The highest BCUT2D eigenvalue weighted by Gasteiger charge is 2.15. The largest absolute Gasteiger partial charge is 0.497 e. The molecule has 1 heterocycles. The standard InChI is InChI=1S/C18H14ClNO4/c1-10-7-12(19)4-6-15(10)20-17(21)14-8-11-3-5-13(23-2)9-16(11)24-18(14)22/h3-9H,1-2H3,(H,20,21). The Morgan fingerprint density at radius 3 is 2.67 bits per heavy atom. The van der Waals surface area contributed by atoms with Gasteiger partial charge in [0.05, 0.1) is 7.11 Å². The molecule has 0 aliphatic rings. The Kier molecular flexibility index (Phi) is 4.27. The van der Waals surface area contributed by atoms with E-state index in [4.69, 9.17) is 20.8 Å². The zero-order valence-electron chi connectivity index (χ0n) is 13.1. The third-order valence-electron chi connectivity index (χ3n) is 3.62. The number of amides is 1. The van der Waals surface area contributed by atoms with E-state index < -0.39 is 11.5 Å². The summed E-state index contributed by atoms with van der Waals surface area (Å²) in [5, 5.41) is 3.91. The minimum atomic E-state index is -0.708. The predicted molar refractivity (Wildman–Crippen MR) is 93.2 cm³/mol. The van der Waals surface area contributed by atoms with Gasteiger partial charge in [0.2, 0.25) is 0 Å². The van der Waals surface area contributed by atoms with Crippen LogP contribution in [-0.2, 0) is 0 Å². The van der Waals surface area contributed by atoms with Gasteiger partial charge in [0, 0.05) is 22.2 Å². The second-order valence-corrected chi connectivity index (χ2v) is 5.70. The molecule has 0 unspecified atom stereocenters. The van der Waals surface area contributed by atoms with E-state index in [-0.39, 0.29) is 5.56 Å². The van der Waals surface area contributed by atoms with Crippen LogP contribution in [0.4, 0.5) is 5.69 Å². The number of methoxy groups -OCH3 is 1. The van der Waals surface area contributed by atoms with Gasteiger partial charge in [0.25, 0.3) is 5.91 Å². The van der Waals surface area contributed by atoms with Gasteiger partial charge in [-0.15, -0.1) is 0 Å². The monoisotopic (exact) mass is 343 g/mol. The first-order valence-corrected chi connectivity index (χ1v) is 7.55. The van der Waals surface area contributed by atoms with E-state index in [0.717, 1.165) is 5.56 Å². The van der Waals surface area contributed by atoms with Gasteiger partial charge in [-0.25, -0.2) is 4.79 Å². The van der Waals surface area contributed by atoms with Crippen molar-refractivity contribution >= 4 is 34.2 Å². The van der Waals surface area contributed by atoms with E-state index in [0.29, 0.717) is 27.4 Å². The van der Waals surface area contributed by atoms with Gasteiger partial charge in [-0.1, -0.05) is 11.6 Å². The fourth-order valence-corrected chi connectivity index (χ4v) is 2.56. The van der Waals surface area contributed by atoms with Crippen molar-refractivity contribution in [1.82, 2.24) is 0 Å². The third-order valence-corrected chi connectivity index (χ3v) is 3.86. The second kappa shape index (κ2) is 6.37. The normalized spacial score (nSPS) is 10.6. The summed E-state index contributed by atoms with van der Waals surface area (Å²) in [4.78, 5) is 24.5. The number of anilines is 1. The molecule has 0 saturated carbocycles. The van der Waals surface area contributed by atoms with Crippen molar-refractivity contribution in [2.75, 3.05) is 12.4 Å². The molecule has 24 heavy (non-hydrogen) atoms. The van der Waals surface area contributed by atoms with Gasteiger partial charge in [-0.3, -0.25) is 4.79 Å². The topological polar surface area (TPSA) is 68.5 Å². The molecular formula is C18H14ClNO4. The van der Waals surface area contributed by atoms with E-state index in [2.05, 4.69) is 5.32 Å². The predicted octanol–water partition coefficient (Wildman–Crippen LogP) is 4.02. The summed E-state index contributed by atoms with van der Waals surface area (Å²) >= 11 is 5.90. The number of benzene rings is 2. The number of fused-ring (bicyclic) bond motifs is 1. The molecule has 3 rings (SSSR count). The maximum absolute atomic E-state index is 12.4. The van der Waals surface area contributed by atoms with Crippen LogP contribution in [0.2, 0.25) is 5.02 Å². The van der Waals surface area contributed by atoms with E-state index in [9.17, 15) is 9.59 Å². The van der Waals surface area contributed by atoms with Crippen molar-refractivity contribution in [3.05, 3.63) is 69.0 Å². The molecule has 1 N–H and O–H groups in total. The van der Waals surface area contributed by atoms with Crippen molar-refractivity contribution < 1.29 is 13.9 Å². The summed E-state index contributed by atoms with van der Waals surface area (Å²) in [6.07, 6.45) is 0. The smallest absolute Gasteiger partial charge is 0.349 e. The first kappa shape index (κ1) is 16.1. The maximum Gasteiger partial charge on any atom is 0.349 e. The number of rotatable bonds is 3. The highest BCUT2D eigenvalue weighted by atomic mass is 35.5. The summed E-state index contributed by atoms with van der Waals surface area (Å²) < 4.78 is 10.3. The summed E-state index contributed by atoms with van der Waals surface area (Å²) in [7, 11) is 1.52. The molecule has 0 bridgehead atoms. The minimum Gasteiger partial charge on any atom is -0.497 e. The van der Waals surface area contributed by atoms with Crippen molar-refractivity contribution in [3.8, 4) is 5.75 Å². The van der Waals surface area contributed by atoms with Gasteiger partial charge in [0.1, 0.15) is 16.9 Å². The SMILES string of the molecule is COc1ccc2cc(C(=O)Nc3ccc(Cl)cc3C)c(=O)oc2c1. The van der Waals surface area contributed by atoms with Crippen molar-refractivity contribution in [1.29, 1.82) is 0 Å². The molecule has 1 amide bonds. The van der Waals surface area contributed by atoms with Gasteiger partial charge in [-0.2, -0.15) is 0 Å². The number of carbonyl (C=O) groups is 1. The zero-order valence-corrected chi connectivity index (χ0v) is 13.8. The molecule has 0 aliphatic heterocycles. The summed E-state index contributed by atoms with van der Waals surface area (Å²) in [6.45, 7) is 1.82. The number of hydrogen-bond acceptors (Lipinski definition) is 4. The minimum absolute atomic E-state index is 0.0676. The number of hydrogen-bond donors (Lipinski definition) is 1. The van der Waals surface area contributed by atoms with E-state index in [1.165, 1.54) is 13.2 Å². The van der Waals surface area contributed by atoms with E-state index in [1.54, 1.807) is 36.4 Å². The molecule has 3 aromatic rings. The molecule has 0 spiro atoms. The van der Waals surface area contributed by atoms with Crippen molar-refractivity contribution in [2.24, 2.45) is 0 Å². The first-order valence-electron chi connectivity index (χ1n) is 7.17. The molecule has 5 nitrogen and oxygen atoms in total. The lowest BCUT2D eigenvalue weighted by Crippen LogP contribution is -2.21. The lowest BCUT2D eigenvalue weighted by atomic mass is 10.1. The number of halogens is 1. The lowest BCUT2D eigenvalue weighted by molar-refractivity contribution is 0.102. The molecule has 2 aromatic carbocycles. The van der Waals surface area contributed by atoms with Gasteiger partial charge < -0.3 is 14.5 Å². The van der Waals surface area contributed by atoms with Crippen molar-refractivity contribution in [2.45, 2.75) is 6.92 Å². The first-order chi connectivity index (χ1) is 11.5. The summed E-state index contributed by atoms with van der Waals surface area (Å²) in [5.74, 6) is 0.0338. The highest BCUT2D eigenvalue weighted by molar-refractivity contribution is 6.30. The van der Waals surface area contributed by atoms with Gasteiger partial charge in [-0.05, 0) is 48.9 Å². The number of aryl methyl sites for hydroxylation is 1. The lowest BCUT2D eigenvalue weighted by Gasteiger charge is -2.09. The molecule has 122 valence electrons. The van der Waals surface area contributed by atoms with Gasteiger partial charge in [0.15, 0.2) is 0 Å². The van der Waals surface area contributed by atoms with Crippen LogP contribution >= 0.6 is 11.6 Å². The van der Waals surface area contributed by atoms with Crippen molar-refractivity contribution in [3.63, 3.8) is 0 Å². The Labute approximate surface area is 142 Å². The number of ether oxygens (including phenoxy) is 1. The van der Waals surface area contributed by atoms with E-state index >= 15 is 0 Å². The number of carbonyl (C=O) groups excluding carboxylic acids is 1. The average Bonchev–Trinajstić information content (AvgIpc) is 2.56. The fourth-order valence-electron chi connectivity index (χ4n) is 2.33. The molecule has 0 aliphatic carbocycles. The molecule has 0 saturated heterocycles. The summed E-state index contributed by atoms with van der Waals surface area (Å²) in [6, 6.07) is 11.6. The van der Waals surface area contributed by atoms with Crippen LogP contribution in [0.25, 0.3) is 11.0 Å². The Morgan fingerprint density at radius 1 is 1.17 bits per heavy atom.